The van der Waals surface area contributed by atoms with E-state index in [1.54, 1.807) is 6.07 Å². The number of carbonyl (C=O) groups is 1. The molecule has 1 aliphatic heterocycles. The van der Waals surface area contributed by atoms with E-state index in [-0.39, 0.29) is 17.4 Å². The van der Waals surface area contributed by atoms with Crippen LogP contribution in [0.2, 0.25) is 0 Å². The lowest BCUT2D eigenvalue weighted by Crippen LogP contribution is -2.49. The van der Waals surface area contributed by atoms with Crippen molar-refractivity contribution >= 4 is 22.4 Å². The van der Waals surface area contributed by atoms with Crippen LogP contribution in [0.25, 0.3) is 10.9 Å². The Morgan fingerprint density at radius 2 is 1.92 bits per heavy atom. The monoisotopic (exact) mass is 480 g/mol. The number of benzene rings is 2. The molecule has 2 atom stereocenters. The van der Waals surface area contributed by atoms with E-state index in [0.29, 0.717) is 5.56 Å². The van der Waals surface area contributed by atoms with Crippen LogP contribution < -0.4 is 10.6 Å². The van der Waals surface area contributed by atoms with Gasteiger partial charge in [-0.05, 0) is 66.5 Å². The average molecular weight is 481 g/mol. The van der Waals surface area contributed by atoms with Crippen LogP contribution in [0.1, 0.15) is 97.6 Å². The molecule has 2 aromatic carbocycles. The van der Waals surface area contributed by atoms with Crippen LogP contribution in [-0.2, 0) is 11.8 Å². The van der Waals surface area contributed by atoms with Crippen LogP contribution in [0.4, 0.5) is 5.69 Å². The van der Waals surface area contributed by atoms with Gasteiger partial charge in [-0.2, -0.15) is 5.26 Å². The molecule has 0 amide bonds. The summed E-state index contributed by atoms with van der Waals surface area (Å²) in [6.07, 6.45) is 8.63. The first-order valence-corrected chi connectivity index (χ1v) is 13.6. The first-order valence-electron chi connectivity index (χ1n) is 13.6. The predicted octanol–water partition coefficient (Wildman–Crippen LogP) is 6.16. The van der Waals surface area contributed by atoms with E-state index in [4.69, 9.17) is 5.73 Å². The summed E-state index contributed by atoms with van der Waals surface area (Å²) in [7, 11) is 0. The van der Waals surface area contributed by atoms with Gasteiger partial charge >= 0.3 is 0 Å². The number of fused-ring (bicyclic) bond motifs is 4. The van der Waals surface area contributed by atoms with Gasteiger partial charge in [-0.25, -0.2) is 0 Å². The van der Waals surface area contributed by atoms with Crippen LogP contribution in [-0.4, -0.2) is 23.5 Å². The molecule has 6 rings (SSSR count). The summed E-state index contributed by atoms with van der Waals surface area (Å²) < 4.78 is 0. The lowest BCUT2D eigenvalue weighted by Gasteiger charge is -2.43. The summed E-state index contributed by atoms with van der Waals surface area (Å²) in [6.45, 7) is 7.54. The van der Waals surface area contributed by atoms with Gasteiger partial charge in [0.1, 0.15) is 0 Å². The van der Waals surface area contributed by atoms with Gasteiger partial charge in [0.2, 0.25) is 0 Å². The van der Waals surface area contributed by atoms with Crippen LogP contribution in [0.5, 0.6) is 0 Å². The van der Waals surface area contributed by atoms with Gasteiger partial charge in [0, 0.05) is 39.8 Å². The fraction of sp³-hybridized carbons (Fsp3) is 0.484. The second-order valence-electron chi connectivity index (χ2n) is 11.7. The van der Waals surface area contributed by atoms with Crippen molar-refractivity contribution in [1.29, 1.82) is 5.26 Å². The third-order valence-electron chi connectivity index (χ3n) is 9.36. The maximum Gasteiger partial charge on any atom is 0.195 e. The molecule has 1 saturated heterocycles. The molecule has 5 nitrogen and oxygen atoms in total. The lowest BCUT2D eigenvalue weighted by atomic mass is 9.70. The van der Waals surface area contributed by atoms with E-state index < -0.39 is 0 Å². The number of aromatic nitrogens is 1. The van der Waals surface area contributed by atoms with E-state index in [9.17, 15) is 10.1 Å². The van der Waals surface area contributed by atoms with Crippen molar-refractivity contribution in [3.63, 3.8) is 0 Å². The first kappa shape index (κ1) is 23.3. The normalized spacial score (nSPS) is 23.5. The van der Waals surface area contributed by atoms with Gasteiger partial charge in [-0.1, -0.05) is 52.5 Å². The van der Waals surface area contributed by atoms with Crippen LogP contribution in [0, 0.1) is 23.2 Å². The number of hydrogen-bond acceptors (Lipinski definition) is 4. The van der Waals surface area contributed by atoms with Gasteiger partial charge in [0.05, 0.1) is 23.4 Å². The number of hydrogen-bond donors (Lipinski definition) is 2. The highest BCUT2D eigenvalue weighted by Crippen LogP contribution is 2.47. The van der Waals surface area contributed by atoms with Gasteiger partial charge in [0.15, 0.2) is 5.78 Å². The van der Waals surface area contributed by atoms with Crippen LogP contribution in [0.15, 0.2) is 30.3 Å². The quantitative estimate of drug-likeness (QED) is 0.470. The number of H-pyrrole nitrogens is 1. The second-order valence-corrected chi connectivity index (χ2v) is 11.7. The highest BCUT2D eigenvalue weighted by atomic mass is 16.1. The van der Waals surface area contributed by atoms with E-state index >= 15 is 0 Å². The number of rotatable bonds is 3. The molecule has 1 saturated carbocycles. The number of anilines is 1. The number of aromatic amines is 1. The van der Waals surface area contributed by atoms with Gasteiger partial charge in [-0.15, -0.1) is 0 Å². The number of piperidine rings is 1. The topological polar surface area (TPSA) is 85.9 Å². The number of nitrogens with one attached hydrogen (secondary N) is 1. The van der Waals surface area contributed by atoms with Gasteiger partial charge in [0.25, 0.3) is 0 Å². The molecule has 2 fully saturated rings. The number of ketones is 1. The molecule has 186 valence electrons. The highest BCUT2D eigenvalue weighted by Gasteiger charge is 2.41. The largest absolute Gasteiger partial charge is 0.357 e. The fourth-order valence-corrected chi connectivity index (χ4v) is 7.31. The molecule has 3 N–H and O–H groups in total. The molecular weight excluding hydrogens is 444 g/mol. The number of nitriles is 1. The Morgan fingerprint density at radius 3 is 2.61 bits per heavy atom. The lowest BCUT2D eigenvalue weighted by molar-refractivity contribution is 0.103. The minimum atomic E-state index is -0.377. The van der Waals surface area contributed by atoms with Gasteiger partial charge < -0.3 is 15.6 Å². The molecule has 3 aliphatic rings. The molecule has 0 bridgehead atoms. The Balaban J connectivity index is 1.42. The Kier molecular flexibility index (Phi) is 5.50. The summed E-state index contributed by atoms with van der Waals surface area (Å²) in [6, 6.07) is 12.2. The number of nitrogens with zero attached hydrogens (tertiary/aromatic N) is 2. The number of carbonyl (C=O) groups excluding carboxylic acids is 1. The third-order valence-corrected chi connectivity index (χ3v) is 9.36. The molecule has 0 spiro atoms. The summed E-state index contributed by atoms with van der Waals surface area (Å²) in [4.78, 5) is 19.8. The molecular formula is C31H36N4O. The molecule has 1 aromatic heterocycles. The minimum absolute atomic E-state index is 0.0168. The molecule has 2 aliphatic carbocycles. The maximum atomic E-state index is 13.9. The van der Waals surface area contributed by atoms with E-state index in [0.717, 1.165) is 64.5 Å². The summed E-state index contributed by atoms with van der Waals surface area (Å²) in [5.74, 6) is 1.67. The Labute approximate surface area is 213 Å². The zero-order valence-electron chi connectivity index (χ0n) is 21.7. The van der Waals surface area contributed by atoms with Crippen molar-refractivity contribution in [1.82, 2.24) is 4.98 Å². The summed E-state index contributed by atoms with van der Waals surface area (Å²) in [5.41, 5.74) is 13.8. The molecule has 36 heavy (non-hydrogen) atoms. The fourth-order valence-electron chi connectivity index (χ4n) is 7.31. The average Bonchev–Trinajstić information content (AvgIpc) is 3.55. The minimum Gasteiger partial charge on any atom is -0.357 e. The van der Waals surface area contributed by atoms with Crippen LogP contribution >= 0.6 is 0 Å². The number of nitrogens with two attached hydrogens (primary N) is 1. The van der Waals surface area contributed by atoms with E-state index in [1.807, 2.05) is 12.1 Å². The van der Waals surface area contributed by atoms with Crippen molar-refractivity contribution < 1.29 is 4.79 Å². The van der Waals surface area contributed by atoms with Crippen molar-refractivity contribution in [3.8, 4) is 6.07 Å². The molecule has 0 radical (unpaired) electrons. The predicted molar refractivity (Wildman–Crippen MR) is 144 cm³/mol. The van der Waals surface area contributed by atoms with Crippen molar-refractivity contribution in [2.75, 3.05) is 11.4 Å². The summed E-state index contributed by atoms with van der Waals surface area (Å²) in [5, 5.41) is 10.3. The molecule has 3 aromatic rings. The maximum absolute atomic E-state index is 13.9. The van der Waals surface area contributed by atoms with E-state index in [2.05, 4.69) is 48.9 Å². The second kappa shape index (κ2) is 8.49. The van der Waals surface area contributed by atoms with Gasteiger partial charge in [-0.3, -0.25) is 4.79 Å². The third kappa shape index (κ3) is 3.42. The smallest absolute Gasteiger partial charge is 0.195 e. The zero-order valence-corrected chi connectivity index (χ0v) is 21.7. The molecule has 5 heteroatoms. The standard InChI is InChI=1S/C31H36N4O/c1-4-19-14-23-24(16-26(19)35-12-11-21(15-27(35)33)20-7-5-6-8-20)31(2,3)30-28(29(23)36)22-10-9-18(17-32)13-25(22)34-30/h9-10,13-14,16,20-21,27,34H,4-8,11-12,15,33H2,1-3H3. The Morgan fingerprint density at radius 1 is 1.14 bits per heavy atom. The Bertz CT molecular complexity index is 1400. The highest BCUT2D eigenvalue weighted by molar-refractivity contribution is 6.20. The number of aryl methyl sites for hydroxylation is 1. The SMILES string of the molecule is CCc1cc2c(cc1N1CCC(C3CCCC3)CC1N)C(C)(C)c1[nH]c3cc(C#N)ccc3c1C2=O. The van der Waals surface area contributed by atoms with Crippen molar-refractivity contribution in [2.45, 2.75) is 77.3 Å². The zero-order chi connectivity index (χ0) is 25.2. The molecule has 2 heterocycles. The van der Waals surface area contributed by atoms with Crippen LogP contribution in [0.3, 0.4) is 0 Å². The first-order chi connectivity index (χ1) is 17.3. The molecule has 2 unspecified atom stereocenters. The Hall–Kier alpha value is -3.10. The van der Waals surface area contributed by atoms with E-state index in [1.165, 1.54) is 43.4 Å². The van der Waals surface area contributed by atoms with Crippen molar-refractivity contribution in [3.05, 3.63) is 63.8 Å². The van der Waals surface area contributed by atoms with Crippen molar-refractivity contribution in [2.24, 2.45) is 17.6 Å². The summed E-state index contributed by atoms with van der Waals surface area (Å²) >= 11 is 0.